The van der Waals surface area contributed by atoms with E-state index in [1.165, 1.54) is 0 Å². The molecule has 25 heavy (non-hydrogen) atoms. The molecule has 7 nitrogen and oxygen atoms in total. The van der Waals surface area contributed by atoms with Gasteiger partial charge >= 0.3 is 7.82 Å². The van der Waals surface area contributed by atoms with E-state index in [0.717, 1.165) is 29.4 Å². The summed E-state index contributed by atoms with van der Waals surface area (Å²) in [6.07, 6.45) is 2.82. The molecule has 0 aliphatic heterocycles. The molecule has 0 amide bonds. The maximum Gasteiger partial charge on any atom is 0.475 e. The highest BCUT2D eigenvalue weighted by atomic mass is 31.2. The summed E-state index contributed by atoms with van der Waals surface area (Å²) in [6.45, 7) is 5.57. The van der Waals surface area contributed by atoms with Crippen LogP contribution in [0.5, 0.6) is 5.75 Å². The number of phosphoric acid groups is 1. The number of fused-ring (bicyclic) bond motifs is 1. The quantitative estimate of drug-likeness (QED) is 0.546. The van der Waals surface area contributed by atoms with Gasteiger partial charge in [-0.15, -0.1) is 0 Å². The van der Waals surface area contributed by atoms with E-state index < -0.39 is 13.4 Å². The van der Waals surface area contributed by atoms with Gasteiger partial charge in [0.25, 0.3) is 0 Å². The first-order chi connectivity index (χ1) is 11.6. The van der Waals surface area contributed by atoms with Gasteiger partial charge in [0.1, 0.15) is 5.75 Å². The lowest BCUT2D eigenvalue weighted by molar-refractivity contribution is 0.0265. The Morgan fingerprint density at radius 3 is 2.64 bits per heavy atom. The monoisotopic (exact) mass is 370 g/mol. The molecule has 1 aromatic heterocycles. The van der Waals surface area contributed by atoms with E-state index in [9.17, 15) is 9.46 Å². The highest BCUT2D eigenvalue weighted by Crippen LogP contribution is 2.47. The van der Waals surface area contributed by atoms with Crippen molar-refractivity contribution >= 4 is 18.7 Å². The first-order valence-corrected chi connectivity index (χ1v) is 9.61. The molecule has 0 bridgehead atoms. The first kappa shape index (κ1) is 19.9. The number of benzene rings is 1. The second kappa shape index (κ2) is 7.89. The number of likely N-dealkylation sites (N-methyl/N-ethyl adjacent to an activating group) is 1. The van der Waals surface area contributed by atoms with Crippen molar-refractivity contribution in [3.8, 4) is 5.75 Å². The SMILES string of the molecule is CN(C)CCc1c[nH]c2cccc(OCOP(=O)(O)OC(C)(C)C)c12. The molecule has 0 saturated heterocycles. The smallest absolute Gasteiger partial charge is 0.466 e. The van der Waals surface area contributed by atoms with Crippen LogP contribution in [0.3, 0.4) is 0 Å². The number of hydrogen-bond donors (Lipinski definition) is 2. The molecule has 1 heterocycles. The lowest BCUT2D eigenvalue weighted by Crippen LogP contribution is -2.18. The Labute approximate surface area is 148 Å². The van der Waals surface area contributed by atoms with Crippen molar-refractivity contribution < 1.29 is 23.2 Å². The average Bonchev–Trinajstić information content (AvgIpc) is 2.86. The molecule has 2 aromatic rings. The predicted molar refractivity (Wildman–Crippen MR) is 97.8 cm³/mol. The molecular formula is C17H27N2O5P. The molecule has 1 atom stereocenters. The average molecular weight is 370 g/mol. The summed E-state index contributed by atoms with van der Waals surface area (Å²) in [6, 6.07) is 5.63. The van der Waals surface area contributed by atoms with Crippen LogP contribution in [0.15, 0.2) is 24.4 Å². The van der Waals surface area contributed by atoms with Crippen molar-refractivity contribution in [2.45, 2.75) is 32.8 Å². The number of nitrogens with one attached hydrogen (secondary N) is 1. The molecule has 0 radical (unpaired) electrons. The fourth-order valence-electron chi connectivity index (χ4n) is 2.41. The summed E-state index contributed by atoms with van der Waals surface area (Å²) in [7, 11) is -0.130. The Hall–Kier alpha value is -1.37. The highest BCUT2D eigenvalue weighted by Gasteiger charge is 2.29. The number of hydrogen-bond acceptors (Lipinski definition) is 5. The van der Waals surface area contributed by atoms with E-state index >= 15 is 0 Å². The minimum Gasteiger partial charge on any atom is -0.466 e. The predicted octanol–water partition coefficient (Wildman–Crippen LogP) is 3.54. The van der Waals surface area contributed by atoms with Crippen LogP contribution in [0.1, 0.15) is 26.3 Å². The number of nitrogens with zero attached hydrogens (tertiary/aromatic N) is 1. The summed E-state index contributed by atoms with van der Waals surface area (Å²) in [5.41, 5.74) is 1.28. The van der Waals surface area contributed by atoms with Gasteiger partial charge in [-0.25, -0.2) is 9.09 Å². The van der Waals surface area contributed by atoms with Gasteiger partial charge in [-0.3, -0.25) is 4.52 Å². The van der Waals surface area contributed by atoms with Crippen molar-refractivity contribution in [2.75, 3.05) is 27.4 Å². The summed E-state index contributed by atoms with van der Waals surface area (Å²) < 4.78 is 27.4. The molecule has 1 unspecified atom stereocenters. The van der Waals surface area contributed by atoms with Gasteiger partial charge in [-0.2, -0.15) is 0 Å². The van der Waals surface area contributed by atoms with Crippen LogP contribution < -0.4 is 4.74 Å². The lowest BCUT2D eigenvalue weighted by atomic mass is 10.1. The standard InChI is InChI=1S/C17H27N2O5P/c1-17(2,3)24-25(20,21)23-12-22-15-8-6-7-14-16(15)13(11-18-14)9-10-19(4)5/h6-8,11,18H,9-10,12H2,1-5H3,(H,20,21). The van der Waals surface area contributed by atoms with Crippen molar-refractivity contribution in [1.82, 2.24) is 9.88 Å². The second-order valence-corrected chi connectivity index (χ2v) is 8.49. The fraction of sp³-hybridized carbons (Fsp3) is 0.529. The number of aromatic amines is 1. The molecule has 2 rings (SSSR count). The molecule has 0 saturated carbocycles. The summed E-state index contributed by atoms with van der Waals surface area (Å²) in [5, 5.41) is 0.956. The van der Waals surface area contributed by atoms with Crippen LogP contribution in [-0.2, 0) is 20.0 Å². The second-order valence-electron chi connectivity index (χ2n) is 7.11. The van der Waals surface area contributed by atoms with E-state index in [2.05, 4.69) is 9.88 Å². The van der Waals surface area contributed by atoms with E-state index in [0.29, 0.717) is 5.75 Å². The van der Waals surface area contributed by atoms with Crippen LogP contribution in [0.25, 0.3) is 10.9 Å². The molecule has 0 fully saturated rings. The largest absolute Gasteiger partial charge is 0.475 e. The Balaban J connectivity index is 2.08. The first-order valence-electron chi connectivity index (χ1n) is 8.12. The summed E-state index contributed by atoms with van der Waals surface area (Å²) in [5.74, 6) is 0.600. The molecule has 8 heteroatoms. The third-order valence-corrected chi connectivity index (χ3v) is 4.61. The van der Waals surface area contributed by atoms with Crippen LogP contribution in [0.2, 0.25) is 0 Å². The Bertz CT molecular complexity index is 751. The van der Waals surface area contributed by atoms with Gasteiger partial charge in [0.05, 0.1) is 5.60 Å². The topological polar surface area (TPSA) is 84.0 Å². The number of aromatic nitrogens is 1. The Kier molecular flexibility index (Phi) is 6.30. The van der Waals surface area contributed by atoms with Crippen LogP contribution in [0, 0.1) is 0 Å². The van der Waals surface area contributed by atoms with Gasteiger partial charge in [0.15, 0.2) is 6.79 Å². The van der Waals surface area contributed by atoms with Gasteiger partial charge in [-0.1, -0.05) is 6.07 Å². The third-order valence-electron chi connectivity index (χ3n) is 3.40. The van der Waals surface area contributed by atoms with Crippen LogP contribution in [0.4, 0.5) is 0 Å². The Morgan fingerprint density at radius 2 is 2.00 bits per heavy atom. The van der Waals surface area contributed by atoms with E-state index in [-0.39, 0.29) is 6.79 Å². The molecule has 140 valence electrons. The minimum atomic E-state index is -4.17. The van der Waals surface area contributed by atoms with Crippen LogP contribution in [-0.4, -0.2) is 47.8 Å². The number of phosphoric ester groups is 1. The number of H-pyrrole nitrogens is 1. The van der Waals surface area contributed by atoms with E-state index in [1.54, 1.807) is 20.8 Å². The maximum absolute atomic E-state index is 11.9. The van der Waals surface area contributed by atoms with Crippen molar-refractivity contribution in [3.05, 3.63) is 30.0 Å². The fourth-order valence-corrected chi connectivity index (χ4v) is 3.34. The Morgan fingerprint density at radius 1 is 1.28 bits per heavy atom. The maximum atomic E-state index is 11.9. The highest BCUT2D eigenvalue weighted by molar-refractivity contribution is 7.47. The van der Waals surface area contributed by atoms with Gasteiger partial charge in [0.2, 0.25) is 0 Å². The normalized spacial score (nSPS) is 14.8. The minimum absolute atomic E-state index is 0.374. The molecule has 1 aromatic carbocycles. The number of ether oxygens (including phenoxy) is 1. The molecule has 0 aliphatic rings. The summed E-state index contributed by atoms with van der Waals surface area (Å²) in [4.78, 5) is 15.1. The van der Waals surface area contributed by atoms with E-state index in [4.69, 9.17) is 13.8 Å². The van der Waals surface area contributed by atoms with Crippen molar-refractivity contribution in [3.63, 3.8) is 0 Å². The zero-order valence-corrected chi connectivity index (χ0v) is 16.3. The van der Waals surface area contributed by atoms with E-state index in [1.807, 2.05) is 38.5 Å². The van der Waals surface area contributed by atoms with Crippen LogP contribution >= 0.6 is 7.82 Å². The zero-order chi connectivity index (χ0) is 18.7. The lowest BCUT2D eigenvalue weighted by Gasteiger charge is -2.22. The number of rotatable bonds is 8. The third kappa shape index (κ3) is 6.13. The molecule has 0 spiro atoms. The van der Waals surface area contributed by atoms with Gasteiger partial charge in [-0.05, 0) is 59.0 Å². The molecule has 0 aliphatic carbocycles. The van der Waals surface area contributed by atoms with Gasteiger partial charge < -0.3 is 19.5 Å². The van der Waals surface area contributed by atoms with Gasteiger partial charge in [0, 0.05) is 23.6 Å². The zero-order valence-electron chi connectivity index (χ0n) is 15.4. The van der Waals surface area contributed by atoms with Crippen molar-refractivity contribution in [2.24, 2.45) is 0 Å². The van der Waals surface area contributed by atoms with Crippen molar-refractivity contribution in [1.29, 1.82) is 0 Å². The molecular weight excluding hydrogens is 343 g/mol. The summed E-state index contributed by atoms with van der Waals surface area (Å²) >= 11 is 0. The molecule has 2 N–H and O–H groups in total.